The third-order valence-electron chi connectivity index (χ3n) is 1.67. The number of ether oxygens (including phenoxy) is 1. The number of rotatable bonds is 4. The number of anilines is 1. The number of nitrogens with one attached hydrogen (secondary N) is 1. The van der Waals surface area contributed by atoms with E-state index in [0.717, 1.165) is 0 Å². The maximum Gasteiger partial charge on any atom is 0.360 e. The molecule has 1 rings (SSSR count). The number of hydrogen-bond acceptors (Lipinski definition) is 3. The van der Waals surface area contributed by atoms with Gasteiger partial charge >= 0.3 is 7.67 Å². The lowest BCUT2D eigenvalue weighted by atomic mass is 10.2. The fourth-order valence-corrected chi connectivity index (χ4v) is 1.62. The van der Waals surface area contributed by atoms with Gasteiger partial charge < -0.3 is 19.8 Å². The highest BCUT2D eigenvalue weighted by Gasteiger charge is 2.11. The van der Waals surface area contributed by atoms with Gasteiger partial charge in [0.15, 0.2) is 0 Å². The van der Waals surface area contributed by atoms with E-state index >= 15 is 0 Å². The summed E-state index contributed by atoms with van der Waals surface area (Å²) in [4.78, 5) is 8.89. The summed E-state index contributed by atoms with van der Waals surface area (Å²) in [5.74, 6) is 0.0622. The van der Waals surface area contributed by atoms with Crippen LogP contribution in [0.15, 0.2) is 18.2 Å². The minimum atomic E-state index is -3.81. The van der Waals surface area contributed by atoms with Crippen molar-refractivity contribution in [3.05, 3.63) is 23.8 Å². The van der Waals surface area contributed by atoms with Crippen molar-refractivity contribution in [1.29, 1.82) is 0 Å². The largest absolute Gasteiger partial charge is 0.508 e. The first kappa shape index (κ1) is 12.0. The number of benzene rings is 1. The van der Waals surface area contributed by atoms with E-state index in [9.17, 15) is 9.67 Å². The Balaban J connectivity index is 2.92. The van der Waals surface area contributed by atoms with Gasteiger partial charge in [-0.2, -0.15) is 0 Å². The highest BCUT2D eigenvalue weighted by molar-refractivity contribution is 7.57. The molecular formula is C8H13N2O4P. The molecule has 1 aromatic carbocycles. The third-order valence-corrected chi connectivity index (χ3v) is 2.25. The monoisotopic (exact) mass is 232 g/mol. The Bertz CT molecular complexity index is 390. The van der Waals surface area contributed by atoms with Crippen LogP contribution in [0.4, 0.5) is 5.69 Å². The van der Waals surface area contributed by atoms with E-state index in [2.05, 4.69) is 5.09 Å². The molecule has 0 aromatic heterocycles. The fourth-order valence-electron chi connectivity index (χ4n) is 1.11. The van der Waals surface area contributed by atoms with E-state index in [1.54, 1.807) is 0 Å². The summed E-state index contributed by atoms with van der Waals surface area (Å²) < 4.78 is 15.7. The molecular weight excluding hydrogens is 219 g/mol. The quantitative estimate of drug-likeness (QED) is 0.456. The molecule has 0 radical (unpaired) electrons. The maximum absolute atomic E-state index is 10.9. The molecule has 0 saturated heterocycles. The molecule has 0 amide bonds. The first-order valence-electron chi connectivity index (χ1n) is 4.13. The number of nitrogens with two attached hydrogens (primary N) is 1. The van der Waals surface area contributed by atoms with Crippen molar-refractivity contribution >= 4 is 13.4 Å². The normalized spacial score (nSPS) is 14.6. The molecule has 0 spiro atoms. The fraction of sp³-hybridized carbons (Fsp3) is 0.250. The Kier molecular flexibility index (Phi) is 3.71. The van der Waals surface area contributed by atoms with Gasteiger partial charge in [-0.25, -0.2) is 10.1 Å². The number of methoxy groups -OCH3 is 1. The highest BCUT2D eigenvalue weighted by atomic mass is 31.2. The summed E-state index contributed by atoms with van der Waals surface area (Å²) in [5, 5.41) is 11.6. The van der Waals surface area contributed by atoms with Crippen LogP contribution < -0.4 is 10.6 Å². The van der Waals surface area contributed by atoms with Gasteiger partial charge in [0.2, 0.25) is 0 Å². The number of phenols is 1. The zero-order valence-corrected chi connectivity index (χ0v) is 9.07. The summed E-state index contributed by atoms with van der Waals surface area (Å²) in [7, 11) is -2.33. The molecule has 5 N–H and O–H groups in total. The van der Waals surface area contributed by atoms with Crippen LogP contribution in [0.2, 0.25) is 0 Å². The van der Waals surface area contributed by atoms with Gasteiger partial charge in [-0.1, -0.05) is 0 Å². The van der Waals surface area contributed by atoms with Gasteiger partial charge in [0.05, 0.1) is 6.61 Å². The average Bonchev–Trinajstić information content (AvgIpc) is 2.09. The summed E-state index contributed by atoms with van der Waals surface area (Å²) >= 11 is 0. The Morgan fingerprint density at radius 2 is 2.27 bits per heavy atom. The summed E-state index contributed by atoms with van der Waals surface area (Å²) in [6, 6.07) is 4.34. The second-order valence-electron chi connectivity index (χ2n) is 3.01. The smallest absolute Gasteiger partial charge is 0.360 e. The summed E-state index contributed by atoms with van der Waals surface area (Å²) in [6.45, 7) is 0.210. The van der Waals surface area contributed by atoms with Crippen LogP contribution in [0.1, 0.15) is 5.56 Å². The van der Waals surface area contributed by atoms with E-state index in [1.807, 2.05) is 0 Å². The van der Waals surface area contributed by atoms with Crippen molar-refractivity contribution < 1.29 is 19.3 Å². The van der Waals surface area contributed by atoms with Crippen LogP contribution in [-0.2, 0) is 15.9 Å². The Labute approximate surface area is 87.2 Å². The minimum absolute atomic E-state index is 0.0622. The van der Waals surface area contributed by atoms with E-state index < -0.39 is 7.67 Å². The lowest BCUT2D eigenvalue weighted by Gasteiger charge is -2.11. The van der Waals surface area contributed by atoms with Gasteiger partial charge in [0.25, 0.3) is 0 Å². The van der Waals surface area contributed by atoms with Gasteiger partial charge in [0, 0.05) is 18.4 Å². The SMILES string of the molecule is COCc1cc(NP(N)(=O)O)ccc1O. The van der Waals surface area contributed by atoms with Gasteiger partial charge in [-0.15, -0.1) is 0 Å². The van der Waals surface area contributed by atoms with Crippen molar-refractivity contribution in [3.8, 4) is 5.75 Å². The molecule has 1 aromatic rings. The van der Waals surface area contributed by atoms with Crippen LogP contribution in [-0.4, -0.2) is 17.1 Å². The van der Waals surface area contributed by atoms with Crippen molar-refractivity contribution in [3.63, 3.8) is 0 Å². The van der Waals surface area contributed by atoms with Crippen molar-refractivity contribution in [2.45, 2.75) is 6.61 Å². The lowest BCUT2D eigenvalue weighted by Crippen LogP contribution is -2.04. The molecule has 84 valence electrons. The molecule has 0 aliphatic carbocycles. The molecule has 0 heterocycles. The third kappa shape index (κ3) is 3.89. The van der Waals surface area contributed by atoms with E-state index in [0.29, 0.717) is 11.3 Å². The van der Waals surface area contributed by atoms with Crippen LogP contribution in [0, 0.1) is 0 Å². The first-order valence-corrected chi connectivity index (χ1v) is 5.86. The van der Waals surface area contributed by atoms with Crippen molar-refractivity contribution in [2.75, 3.05) is 12.2 Å². The molecule has 1 atom stereocenters. The molecule has 15 heavy (non-hydrogen) atoms. The number of phenolic OH excluding ortho intramolecular Hbond substituents is 1. The second kappa shape index (κ2) is 4.63. The maximum atomic E-state index is 10.9. The average molecular weight is 232 g/mol. The van der Waals surface area contributed by atoms with Gasteiger partial charge in [-0.3, -0.25) is 0 Å². The van der Waals surface area contributed by atoms with Crippen LogP contribution >= 0.6 is 7.67 Å². The van der Waals surface area contributed by atoms with Crippen LogP contribution in [0.5, 0.6) is 5.75 Å². The van der Waals surface area contributed by atoms with Crippen molar-refractivity contribution in [1.82, 2.24) is 0 Å². The molecule has 0 bridgehead atoms. The van der Waals surface area contributed by atoms with Crippen LogP contribution in [0.3, 0.4) is 0 Å². The standard InChI is InChI=1S/C8H13N2O4P/c1-14-5-6-4-7(2-3-8(6)11)10-15(9,12)13/h2-4,11H,5H2,1H3,(H4,9,10,12,13). The zero-order chi connectivity index (χ0) is 11.5. The summed E-state index contributed by atoms with van der Waals surface area (Å²) in [5.41, 5.74) is 5.80. The molecule has 0 aliphatic heterocycles. The molecule has 6 nitrogen and oxygen atoms in total. The Morgan fingerprint density at radius 3 is 2.80 bits per heavy atom. The van der Waals surface area contributed by atoms with Crippen molar-refractivity contribution in [2.24, 2.45) is 5.50 Å². The molecule has 7 heteroatoms. The van der Waals surface area contributed by atoms with E-state index in [4.69, 9.17) is 15.1 Å². The van der Waals surface area contributed by atoms with Gasteiger partial charge in [0.1, 0.15) is 5.75 Å². The Morgan fingerprint density at radius 1 is 1.60 bits per heavy atom. The molecule has 0 aliphatic rings. The summed E-state index contributed by atoms with van der Waals surface area (Å²) in [6.07, 6.45) is 0. The number of aromatic hydroxyl groups is 1. The molecule has 0 saturated carbocycles. The topological polar surface area (TPSA) is 105 Å². The number of hydrogen-bond donors (Lipinski definition) is 4. The van der Waals surface area contributed by atoms with Crippen LogP contribution in [0.25, 0.3) is 0 Å². The molecule has 1 unspecified atom stereocenters. The van der Waals surface area contributed by atoms with E-state index in [1.165, 1.54) is 25.3 Å². The van der Waals surface area contributed by atoms with Gasteiger partial charge in [-0.05, 0) is 18.2 Å². The molecule has 0 fully saturated rings. The van der Waals surface area contributed by atoms with E-state index in [-0.39, 0.29) is 12.4 Å². The Hall–Kier alpha value is -1.07. The second-order valence-corrected chi connectivity index (χ2v) is 4.48. The first-order chi connectivity index (χ1) is 6.92. The zero-order valence-electron chi connectivity index (χ0n) is 8.17. The highest BCUT2D eigenvalue weighted by Crippen LogP contribution is 2.33. The lowest BCUT2D eigenvalue weighted by molar-refractivity contribution is 0.182. The predicted molar refractivity (Wildman–Crippen MR) is 56.5 cm³/mol. The minimum Gasteiger partial charge on any atom is -0.508 e. The predicted octanol–water partition coefficient (Wildman–Crippen LogP) is 1.01.